The molecule has 3 rings (SSSR count). The third-order valence-corrected chi connectivity index (χ3v) is 3.88. The first-order valence-electron chi connectivity index (χ1n) is 6.73. The third kappa shape index (κ3) is 2.88. The van der Waals surface area contributed by atoms with Gasteiger partial charge in [0.2, 0.25) is 0 Å². The van der Waals surface area contributed by atoms with Crippen molar-refractivity contribution in [2.24, 2.45) is 5.73 Å². The SMILES string of the molecule is COc1cc(CN2CCn3cnnc3C2)ccc1C(N)=S. The maximum absolute atomic E-state index is 5.69. The molecule has 0 saturated heterocycles. The fourth-order valence-electron chi connectivity index (χ4n) is 2.55. The van der Waals surface area contributed by atoms with Crippen LogP contribution in [0.2, 0.25) is 0 Å². The van der Waals surface area contributed by atoms with E-state index < -0.39 is 0 Å². The summed E-state index contributed by atoms with van der Waals surface area (Å²) in [6.45, 7) is 3.54. The second kappa shape index (κ2) is 5.79. The number of fused-ring (bicyclic) bond motifs is 1. The Morgan fingerprint density at radius 3 is 3.05 bits per heavy atom. The summed E-state index contributed by atoms with van der Waals surface area (Å²) >= 11 is 5.02. The molecule has 0 spiro atoms. The maximum Gasteiger partial charge on any atom is 0.147 e. The second-order valence-electron chi connectivity index (χ2n) is 5.05. The van der Waals surface area contributed by atoms with Crippen molar-refractivity contribution in [3.05, 3.63) is 41.5 Å². The predicted molar refractivity (Wildman–Crippen MR) is 83.0 cm³/mol. The van der Waals surface area contributed by atoms with E-state index in [4.69, 9.17) is 22.7 Å². The molecule has 0 bridgehead atoms. The molecule has 0 aliphatic carbocycles. The minimum Gasteiger partial charge on any atom is -0.496 e. The van der Waals surface area contributed by atoms with E-state index in [1.165, 1.54) is 5.56 Å². The smallest absolute Gasteiger partial charge is 0.147 e. The van der Waals surface area contributed by atoms with Gasteiger partial charge in [-0.05, 0) is 17.7 Å². The summed E-state index contributed by atoms with van der Waals surface area (Å²) in [5, 5.41) is 8.07. The van der Waals surface area contributed by atoms with E-state index in [1.54, 1.807) is 13.4 Å². The van der Waals surface area contributed by atoms with Gasteiger partial charge < -0.3 is 15.0 Å². The van der Waals surface area contributed by atoms with Gasteiger partial charge in [-0.15, -0.1) is 10.2 Å². The van der Waals surface area contributed by atoms with Gasteiger partial charge in [0.1, 0.15) is 22.9 Å². The van der Waals surface area contributed by atoms with Gasteiger partial charge in [0, 0.05) is 19.6 Å². The Morgan fingerprint density at radius 1 is 1.43 bits per heavy atom. The first-order chi connectivity index (χ1) is 10.2. The summed E-state index contributed by atoms with van der Waals surface area (Å²) < 4.78 is 7.46. The number of ether oxygens (including phenoxy) is 1. The van der Waals surface area contributed by atoms with E-state index in [0.29, 0.717) is 4.99 Å². The summed E-state index contributed by atoms with van der Waals surface area (Å²) in [5.41, 5.74) is 7.63. The fourth-order valence-corrected chi connectivity index (χ4v) is 2.72. The number of methoxy groups -OCH3 is 1. The topological polar surface area (TPSA) is 69.2 Å². The normalized spacial score (nSPS) is 14.7. The highest BCUT2D eigenvalue weighted by Gasteiger charge is 2.18. The Bertz CT molecular complexity index is 669. The lowest BCUT2D eigenvalue weighted by atomic mass is 10.1. The number of thiocarbonyl (C=S) groups is 1. The molecular weight excluding hydrogens is 286 g/mol. The van der Waals surface area contributed by atoms with E-state index in [1.807, 2.05) is 18.2 Å². The van der Waals surface area contributed by atoms with Gasteiger partial charge >= 0.3 is 0 Å². The third-order valence-electron chi connectivity index (χ3n) is 3.66. The van der Waals surface area contributed by atoms with Crippen LogP contribution in [0.5, 0.6) is 5.75 Å². The molecule has 1 aromatic heterocycles. The van der Waals surface area contributed by atoms with Crippen molar-refractivity contribution < 1.29 is 4.74 Å². The van der Waals surface area contributed by atoms with Gasteiger partial charge in [0.15, 0.2) is 0 Å². The molecule has 2 aromatic rings. The Morgan fingerprint density at radius 2 is 2.29 bits per heavy atom. The van der Waals surface area contributed by atoms with Gasteiger partial charge in [-0.1, -0.05) is 18.3 Å². The largest absolute Gasteiger partial charge is 0.496 e. The number of benzene rings is 1. The molecule has 21 heavy (non-hydrogen) atoms. The highest BCUT2D eigenvalue weighted by Crippen LogP contribution is 2.22. The molecule has 0 saturated carbocycles. The van der Waals surface area contributed by atoms with Gasteiger partial charge in [0.25, 0.3) is 0 Å². The van der Waals surface area contributed by atoms with Crippen LogP contribution in [-0.2, 0) is 19.6 Å². The van der Waals surface area contributed by atoms with E-state index in [2.05, 4.69) is 19.7 Å². The Hall–Kier alpha value is -1.99. The molecule has 0 fully saturated rings. The van der Waals surface area contributed by atoms with Crippen LogP contribution >= 0.6 is 12.2 Å². The standard InChI is InChI=1S/C14H17N5OS/c1-20-12-6-10(2-3-11(12)14(15)21)7-18-4-5-19-9-16-17-13(19)8-18/h2-3,6,9H,4-5,7-8H2,1H3,(H2,15,21). The molecule has 2 heterocycles. The van der Waals surface area contributed by atoms with Crippen LogP contribution in [0, 0.1) is 0 Å². The highest BCUT2D eigenvalue weighted by atomic mass is 32.1. The van der Waals surface area contributed by atoms with E-state index in [9.17, 15) is 0 Å². The van der Waals surface area contributed by atoms with Gasteiger partial charge in [0.05, 0.1) is 19.2 Å². The second-order valence-corrected chi connectivity index (χ2v) is 5.49. The molecule has 2 N–H and O–H groups in total. The molecular formula is C14H17N5OS. The molecule has 6 nitrogen and oxygen atoms in total. The van der Waals surface area contributed by atoms with Crippen molar-refractivity contribution in [3.8, 4) is 5.75 Å². The van der Waals surface area contributed by atoms with Crippen molar-refractivity contribution in [1.29, 1.82) is 0 Å². The molecule has 0 amide bonds. The molecule has 1 aromatic carbocycles. The summed E-state index contributed by atoms with van der Waals surface area (Å²) in [7, 11) is 1.63. The summed E-state index contributed by atoms with van der Waals surface area (Å²) in [6.07, 6.45) is 1.78. The molecule has 0 unspecified atom stereocenters. The minimum absolute atomic E-state index is 0.351. The van der Waals surface area contributed by atoms with Crippen LogP contribution in [0.4, 0.5) is 0 Å². The average Bonchev–Trinajstić information content (AvgIpc) is 2.94. The average molecular weight is 303 g/mol. The molecule has 7 heteroatoms. The zero-order valence-corrected chi connectivity index (χ0v) is 12.6. The number of rotatable bonds is 4. The van der Waals surface area contributed by atoms with Crippen molar-refractivity contribution in [3.63, 3.8) is 0 Å². The van der Waals surface area contributed by atoms with Crippen LogP contribution in [0.3, 0.4) is 0 Å². The summed E-state index contributed by atoms with van der Waals surface area (Å²) in [6, 6.07) is 5.95. The zero-order chi connectivity index (χ0) is 14.8. The Balaban J connectivity index is 1.75. The van der Waals surface area contributed by atoms with Crippen LogP contribution in [-0.4, -0.2) is 38.3 Å². The van der Waals surface area contributed by atoms with Gasteiger partial charge in [-0.3, -0.25) is 4.90 Å². The maximum atomic E-state index is 5.69. The Kier molecular flexibility index (Phi) is 3.85. The predicted octanol–water partition coefficient (Wildman–Crippen LogP) is 0.937. The number of hydrogen-bond donors (Lipinski definition) is 1. The molecule has 1 aliphatic rings. The van der Waals surface area contributed by atoms with Crippen molar-refractivity contribution in [2.45, 2.75) is 19.6 Å². The number of aromatic nitrogens is 3. The summed E-state index contributed by atoms with van der Waals surface area (Å²) in [4.78, 5) is 2.68. The first-order valence-corrected chi connectivity index (χ1v) is 7.14. The van der Waals surface area contributed by atoms with Gasteiger partial charge in [-0.2, -0.15) is 0 Å². The van der Waals surface area contributed by atoms with E-state index in [-0.39, 0.29) is 0 Å². The van der Waals surface area contributed by atoms with Crippen LogP contribution < -0.4 is 10.5 Å². The highest BCUT2D eigenvalue weighted by molar-refractivity contribution is 7.80. The van der Waals surface area contributed by atoms with Crippen LogP contribution in [0.25, 0.3) is 0 Å². The molecule has 0 atom stereocenters. The lowest BCUT2D eigenvalue weighted by Gasteiger charge is -2.27. The lowest BCUT2D eigenvalue weighted by Crippen LogP contribution is -2.33. The Labute approximate surface area is 128 Å². The fraction of sp³-hybridized carbons (Fsp3) is 0.357. The number of hydrogen-bond acceptors (Lipinski definition) is 5. The molecule has 0 radical (unpaired) electrons. The van der Waals surface area contributed by atoms with Gasteiger partial charge in [-0.25, -0.2) is 0 Å². The van der Waals surface area contributed by atoms with E-state index >= 15 is 0 Å². The molecule has 110 valence electrons. The first kappa shape index (κ1) is 14.0. The van der Waals surface area contributed by atoms with E-state index in [0.717, 1.165) is 43.3 Å². The number of nitrogens with zero attached hydrogens (tertiary/aromatic N) is 4. The lowest BCUT2D eigenvalue weighted by molar-refractivity contribution is 0.208. The van der Waals surface area contributed by atoms with Crippen LogP contribution in [0.1, 0.15) is 17.0 Å². The number of nitrogens with two attached hydrogens (primary N) is 1. The zero-order valence-electron chi connectivity index (χ0n) is 11.8. The van der Waals surface area contributed by atoms with Crippen LogP contribution in [0.15, 0.2) is 24.5 Å². The monoisotopic (exact) mass is 303 g/mol. The summed E-state index contributed by atoms with van der Waals surface area (Å²) in [5.74, 6) is 1.73. The van der Waals surface area contributed by atoms with Crippen molar-refractivity contribution in [2.75, 3.05) is 13.7 Å². The van der Waals surface area contributed by atoms with Crippen molar-refractivity contribution >= 4 is 17.2 Å². The quantitative estimate of drug-likeness (QED) is 0.848. The minimum atomic E-state index is 0.351. The van der Waals surface area contributed by atoms with Crippen molar-refractivity contribution in [1.82, 2.24) is 19.7 Å². The molecule has 1 aliphatic heterocycles.